The Morgan fingerprint density at radius 3 is 2.45 bits per heavy atom. The first-order valence-corrected chi connectivity index (χ1v) is 9.35. The summed E-state index contributed by atoms with van der Waals surface area (Å²) in [5, 5.41) is 3.91. The monoisotopic (exact) mass is 394 g/mol. The number of fused-ring (bicyclic) bond motifs is 1. The molecule has 29 heavy (non-hydrogen) atoms. The number of ether oxygens (including phenoxy) is 2. The van der Waals surface area contributed by atoms with E-state index in [1.165, 1.54) is 0 Å². The molecule has 7 nitrogen and oxygen atoms in total. The minimum atomic E-state index is -0.410. The average Bonchev–Trinajstić information content (AvgIpc) is 2.73. The molecule has 0 aliphatic rings. The molecule has 7 heteroatoms. The Kier molecular flexibility index (Phi) is 6.29. The number of nitrogens with one attached hydrogen (secondary N) is 1. The molecule has 3 aromatic rings. The summed E-state index contributed by atoms with van der Waals surface area (Å²) in [5.74, 6) is -0.296. The molecular weight excluding hydrogens is 372 g/mol. The van der Waals surface area contributed by atoms with Gasteiger partial charge in [-0.1, -0.05) is 6.07 Å². The van der Waals surface area contributed by atoms with E-state index in [2.05, 4.69) is 5.32 Å². The largest absolute Gasteiger partial charge is 0.483 e. The molecule has 0 aliphatic carbocycles. The van der Waals surface area contributed by atoms with Gasteiger partial charge in [-0.2, -0.15) is 0 Å². The predicted octanol–water partition coefficient (Wildman–Crippen LogP) is 3.22. The van der Waals surface area contributed by atoms with Gasteiger partial charge in [0.15, 0.2) is 6.61 Å². The molecule has 2 aromatic carbocycles. The molecule has 3 rings (SSSR count). The lowest BCUT2D eigenvalue weighted by atomic mass is 10.1. The molecule has 1 amide bonds. The Labute approximate surface area is 167 Å². The number of aromatic nitrogens is 1. The number of hydrogen-bond acceptors (Lipinski definition) is 5. The van der Waals surface area contributed by atoms with Gasteiger partial charge in [-0.25, -0.2) is 4.79 Å². The quantitative estimate of drug-likeness (QED) is 0.622. The number of benzene rings is 2. The summed E-state index contributed by atoms with van der Waals surface area (Å²) >= 11 is 0. The van der Waals surface area contributed by atoms with E-state index in [4.69, 9.17) is 9.47 Å². The van der Waals surface area contributed by atoms with E-state index in [1.54, 1.807) is 60.2 Å². The van der Waals surface area contributed by atoms with Crippen LogP contribution < -0.4 is 15.6 Å². The molecule has 0 saturated carbocycles. The number of amides is 1. The molecule has 0 radical (unpaired) electrons. The van der Waals surface area contributed by atoms with Crippen LogP contribution in [0.1, 0.15) is 24.2 Å². The SMILES string of the molecule is CCOC(=O)c1ccc(NC(=O)COc2cccc3c(=O)n(CC)ccc23)cc1. The molecule has 150 valence electrons. The van der Waals surface area contributed by atoms with E-state index in [0.29, 0.717) is 40.9 Å². The van der Waals surface area contributed by atoms with Crippen LogP contribution in [0.15, 0.2) is 59.5 Å². The maximum atomic E-state index is 12.4. The zero-order valence-electron chi connectivity index (χ0n) is 16.3. The summed E-state index contributed by atoms with van der Waals surface area (Å²) in [7, 11) is 0. The summed E-state index contributed by atoms with van der Waals surface area (Å²) < 4.78 is 12.2. The molecule has 0 spiro atoms. The van der Waals surface area contributed by atoms with Crippen molar-refractivity contribution in [3.8, 4) is 5.75 Å². The lowest BCUT2D eigenvalue weighted by Crippen LogP contribution is -2.21. The number of hydrogen-bond donors (Lipinski definition) is 1. The van der Waals surface area contributed by atoms with Crippen LogP contribution in [0.5, 0.6) is 5.75 Å². The van der Waals surface area contributed by atoms with Crippen LogP contribution in [0, 0.1) is 0 Å². The summed E-state index contributed by atoms with van der Waals surface area (Å²) in [5.41, 5.74) is 0.853. The van der Waals surface area contributed by atoms with Gasteiger partial charge in [-0.15, -0.1) is 0 Å². The highest BCUT2D eigenvalue weighted by Gasteiger charge is 2.10. The number of aryl methyl sites for hydroxylation is 1. The maximum Gasteiger partial charge on any atom is 0.338 e. The lowest BCUT2D eigenvalue weighted by molar-refractivity contribution is -0.118. The second kappa shape index (κ2) is 9.05. The van der Waals surface area contributed by atoms with E-state index in [9.17, 15) is 14.4 Å². The van der Waals surface area contributed by atoms with E-state index in [-0.39, 0.29) is 18.1 Å². The molecule has 0 unspecified atom stereocenters. The topological polar surface area (TPSA) is 86.6 Å². The van der Waals surface area contributed by atoms with Gasteiger partial charge in [0.1, 0.15) is 5.75 Å². The van der Waals surface area contributed by atoms with Crippen molar-refractivity contribution in [2.75, 3.05) is 18.5 Å². The fourth-order valence-electron chi connectivity index (χ4n) is 2.91. The van der Waals surface area contributed by atoms with Crippen molar-refractivity contribution in [3.63, 3.8) is 0 Å². The zero-order valence-corrected chi connectivity index (χ0v) is 16.3. The molecular formula is C22H22N2O5. The Bertz CT molecular complexity index is 1090. The molecule has 1 heterocycles. The molecule has 0 atom stereocenters. The van der Waals surface area contributed by atoms with Crippen LogP contribution in [0.4, 0.5) is 5.69 Å². The first-order valence-electron chi connectivity index (χ1n) is 9.35. The van der Waals surface area contributed by atoms with Crippen molar-refractivity contribution >= 4 is 28.3 Å². The molecule has 0 fully saturated rings. The summed E-state index contributed by atoms with van der Waals surface area (Å²) in [6.45, 7) is 4.31. The van der Waals surface area contributed by atoms with Gasteiger partial charge in [-0.3, -0.25) is 9.59 Å². The Balaban J connectivity index is 1.66. The van der Waals surface area contributed by atoms with Crippen molar-refractivity contribution in [3.05, 3.63) is 70.6 Å². The highest BCUT2D eigenvalue weighted by molar-refractivity contribution is 5.94. The Morgan fingerprint density at radius 1 is 1.00 bits per heavy atom. The standard InChI is InChI=1S/C22H22N2O5/c1-3-24-13-12-17-18(21(24)26)6-5-7-19(17)29-14-20(25)23-16-10-8-15(9-11-16)22(27)28-4-2/h5-13H,3-4,14H2,1-2H3,(H,23,25). The average molecular weight is 394 g/mol. The van der Waals surface area contributed by atoms with Crippen LogP contribution in [0.2, 0.25) is 0 Å². The third-order valence-corrected chi connectivity index (χ3v) is 4.36. The van der Waals surface area contributed by atoms with E-state index < -0.39 is 5.97 Å². The number of nitrogens with zero attached hydrogens (tertiary/aromatic N) is 1. The van der Waals surface area contributed by atoms with Gasteiger partial charge in [0.25, 0.3) is 11.5 Å². The van der Waals surface area contributed by atoms with Crippen LogP contribution in [-0.4, -0.2) is 29.7 Å². The normalized spacial score (nSPS) is 10.6. The summed E-state index contributed by atoms with van der Waals surface area (Å²) in [6, 6.07) is 13.4. The number of pyridine rings is 1. The van der Waals surface area contributed by atoms with Crippen LogP contribution >= 0.6 is 0 Å². The van der Waals surface area contributed by atoms with Crippen molar-refractivity contribution in [2.24, 2.45) is 0 Å². The van der Waals surface area contributed by atoms with Crippen LogP contribution in [0.3, 0.4) is 0 Å². The Morgan fingerprint density at radius 2 is 1.76 bits per heavy atom. The minimum Gasteiger partial charge on any atom is -0.483 e. The van der Waals surface area contributed by atoms with Crippen molar-refractivity contribution in [1.29, 1.82) is 0 Å². The number of rotatable bonds is 7. The third-order valence-electron chi connectivity index (χ3n) is 4.36. The van der Waals surface area contributed by atoms with Crippen molar-refractivity contribution in [1.82, 2.24) is 4.57 Å². The number of anilines is 1. The Hall–Kier alpha value is -3.61. The number of carbonyl (C=O) groups excluding carboxylic acids is 2. The smallest absolute Gasteiger partial charge is 0.338 e. The maximum absolute atomic E-state index is 12.4. The van der Waals surface area contributed by atoms with Crippen molar-refractivity contribution < 1.29 is 19.1 Å². The van der Waals surface area contributed by atoms with Gasteiger partial charge in [-0.05, 0) is 56.3 Å². The summed E-state index contributed by atoms with van der Waals surface area (Å²) in [4.78, 5) is 36.3. The van der Waals surface area contributed by atoms with Crippen LogP contribution in [-0.2, 0) is 16.1 Å². The van der Waals surface area contributed by atoms with E-state index in [1.807, 2.05) is 13.0 Å². The molecule has 0 bridgehead atoms. The zero-order chi connectivity index (χ0) is 20.8. The van der Waals surface area contributed by atoms with Crippen LogP contribution in [0.25, 0.3) is 10.8 Å². The fourth-order valence-corrected chi connectivity index (χ4v) is 2.91. The minimum absolute atomic E-state index is 0.0957. The fraction of sp³-hybridized carbons (Fsp3) is 0.227. The molecule has 0 saturated heterocycles. The van der Waals surface area contributed by atoms with Crippen molar-refractivity contribution in [2.45, 2.75) is 20.4 Å². The summed E-state index contributed by atoms with van der Waals surface area (Å²) in [6.07, 6.45) is 1.71. The van der Waals surface area contributed by atoms with Gasteiger partial charge >= 0.3 is 5.97 Å². The van der Waals surface area contributed by atoms with E-state index >= 15 is 0 Å². The number of carbonyl (C=O) groups is 2. The van der Waals surface area contributed by atoms with Gasteiger partial charge < -0.3 is 19.4 Å². The highest BCUT2D eigenvalue weighted by atomic mass is 16.5. The lowest BCUT2D eigenvalue weighted by Gasteiger charge is -2.11. The first-order chi connectivity index (χ1) is 14.0. The predicted molar refractivity (Wildman–Crippen MR) is 110 cm³/mol. The third kappa shape index (κ3) is 4.63. The number of esters is 1. The molecule has 1 N–H and O–H groups in total. The van der Waals surface area contributed by atoms with Gasteiger partial charge in [0.2, 0.25) is 0 Å². The second-order valence-electron chi connectivity index (χ2n) is 6.26. The van der Waals surface area contributed by atoms with Gasteiger partial charge in [0.05, 0.1) is 17.6 Å². The second-order valence-corrected chi connectivity index (χ2v) is 6.26. The molecule has 1 aromatic heterocycles. The molecule has 0 aliphatic heterocycles. The highest BCUT2D eigenvalue weighted by Crippen LogP contribution is 2.23. The van der Waals surface area contributed by atoms with Gasteiger partial charge in [0, 0.05) is 23.8 Å². The first kappa shape index (κ1) is 20.1. The van der Waals surface area contributed by atoms with E-state index in [0.717, 1.165) is 0 Å².